The molecular formula is C11H19N3O2S. The molecule has 1 aromatic rings. The molecule has 0 aliphatic heterocycles. The van der Waals surface area contributed by atoms with E-state index in [0.29, 0.717) is 6.54 Å². The smallest absolute Gasteiger partial charge is 0.209 e. The topological polar surface area (TPSA) is 71.1 Å². The summed E-state index contributed by atoms with van der Waals surface area (Å²) in [5.41, 5.74) is 0.532. The molecule has 0 amide bonds. The van der Waals surface area contributed by atoms with Crippen LogP contribution < -0.4 is 10.0 Å². The van der Waals surface area contributed by atoms with Crippen molar-refractivity contribution < 1.29 is 8.42 Å². The van der Waals surface area contributed by atoms with Crippen LogP contribution in [0.2, 0.25) is 0 Å². The van der Waals surface area contributed by atoms with E-state index in [2.05, 4.69) is 15.0 Å². The zero-order valence-corrected chi connectivity index (χ0v) is 11.4. The lowest BCUT2D eigenvalue weighted by Gasteiger charge is -2.25. The summed E-state index contributed by atoms with van der Waals surface area (Å²) in [5.74, 6) is 0.735. The van der Waals surface area contributed by atoms with E-state index in [9.17, 15) is 8.42 Å². The first-order valence-corrected chi connectivity index (χ1v) is 7.23. The highest BCUT2D eigenvalue weighted by atomic mass is 32.2. The second kappa shape index (κ2) is 5.01. The summed E-state index contributed by atoms with van der Waals surface area (Å²) in [6.45, 7) is 6.06. The molecule has 0 saturated carbocycles. The minimum Gasteiger partial charge on any atom is -0.368 e. The average molecular weight is 257 g/mol. The van der Waals surface area contributed by atoms with Gasteiger partial charge in [0, 0.05) is 18.3 Å². The van der Waals surface area contributed by atoms with Crippen molar-refractivity contribution in [3.05, 3.63) is 23.9 Å². The Morgan fingerprint density at radius 3 is 2.47 bits per heavy atom. The Morgan fingerprint density at radius 2 is 2.00 bits per heavy atom. The molecule has 0 saturated heterocycles. The minimum atomic E-state index is -3.20. The predicted octanol–water partition coefficient (Wildman–Crippen LogP) is 1.13. The number of aromatic nitrogens is 1. The maximum absolute atomic E-state index is 11.1. The molecule has 0 aliphatic carbocycles. The van der Waals surface area contributed by atoms with Gasteiger partial charge in [0.1, 0.15) is 5.82 Å². The predicted molar refractivity (Wildman–Crippen MR) is 69.5 cm³/mol. The summed E-state index contributed by atoms with van der Waals surface area (Å²) in [7, 11) is -3.20. The highest BCUT2D eigenvalue weighted by molar-refractivity contribution is 7.88. The van der Waals surface area contributed by atoms with Crippen LogP contribution in [0.25, 0.3) is 0 Å². The molecule has 0 atom stereocenters. The standard InChI is InChI=1S/C11H19N3O2S/c1-9-5-6-10(12-7-9)13-8-11(2,3)14-17(4,15)16/h5-7,14H,8H2,1-4H3,(H,12,13). The van der Waals surface area contributed by atoms with Crippen LogP contribution in [0.4, 0.5) is 5.82 Å². The molecule has 0 aromatic carbocycles. The number of aryl methyl sites for hydroxylation is 1. The van der Waals surface area contributed by atoms with Gasteiger partial charge in [-0.1, -0.05) is 6.07 Å². The van der Waals surface area contributed by atoms with Crippen LogP contribution in [-0.2, 0) is 10.0 Å². The molecule has 1 aromatic heterocycles. The van der Waals surface area contributed by atoms with Crippen molar-refractivity contribution in [2.75, 3.05) is 18.1 Å². The third-order valence-electron chi connectivity index (χ3n) is 2.08. The summed E-state index contributed by atoms with van der Waals surface area (Å²) in [4.78, 5) is 4.19. The van der Waals surface area contributed by atoms with Crippen LogP contribution >= 0.6 is 0 Å². The van der Waals surface area contributed by atoms with E-state index in [1.807, 2.05) is 32.9 Å². The normalized spacial score (nSPS) is 12.5. The summed E-state index contributed by atoms with van der Waals surface area (Å²) in [5, 5.41) is 3.10. The molecule has 6 heteroatoms. The van der Waals surface area contributed by atoms with Gasteiger partial charge in [0.05, 0.1) is 6.26 Å². The van der Waals surface area contributed by atoms with Crippen molar-refractivity contribution in [2.45, 2.75) is 26.3 Å². The lowest BCUT2D eigenvalue weighted by molar-refractivity contribution is 0.476. The van der Waals surface area contributed by atoms with Crippen LogP contribution in [0.15, 0.2) is 18.3 Å². The molecule has 0 fully saturated rings. The molecular weight excluding hydrogens is 238 g/mol. The van der Waals surface area contributed by atoms with Crippen LogP contribution in [0.5, 0.6) is 0 Å². The Balaban J connectivity index is 2.58. The maximum atomic E-state index is 11.1. The average Bonchev–Trinajstić information content (AvgIpc) is 2.13. The number of anilines is 1. The summed E-state index contributed by atoms with van der Waals surface area (Å²) < 4.78 is 24.9. The SMILES string of the molecule is Cc1ccc(NCC(C)(C)NS(C)(=O)=O)nc1. The summed E-state index contributed by atoms with van der Waals surface area (Å²) in [6, 6.07) is 3.82. The van der Waals surface area contributed by atoms with E-state index < -0.39 is 15.6 Å². The lowest BCUT2D eigenvalue weighted by Crippen LogP contribution is -2.47. The summed E-state index contributed by atoms with van der Waals surface area (Å²) in [6.07, 6.45) is 2.91. The number of hydrogen-bond donors (Lipinski definition) is 2. The first-order valence-electron chi connectivity index (χ1n) is 5.33. The van der Waals surface area contributed by atoms with Crippen LogP contribution in [0.3, 0.4) is 0 Å². The van der Waals surface area contributed by atoms with E-state index >= 15 is 0 Å². The third-order valence-corrected chi connectivity index (χ3v) is 3.01. The first-order chi connectivity index (χ1) is 7.68. The Labute approximate surface area is 103 Å². The van der Waals surface area contributed by atoms with Gasteiger partial charge in [0.15, 0.2) is 0 Å². The zero-order valence-electron chi connectivity index (χ0n) is 10.6. The third kappa shape index (κ3) is 5.65. The number of rotatable bonds is 5. The molecule has 1 heterocycles. The van der Waals surface area contributed by atoms with Crippen molar-refractivity contribution in [1.29, 1.82) is 0 Å². The fourth-order valence-electron chi connectivity index (χ4n) is 1.42. The molecule has 5 nitrogen and oxygen atoms in total. The van der Waals surface area contributed by atoms with Gasteiger partial charge >= 0.3 is 0 Å². The Bertz CT molecular complexity index is 466. The van der Waals surface area contributed by atoms with Crippen molar-refractivity contribution in [3.8, 4) is 0 Å². The molecule has 17 heavy (non-hydrogen) atoms. The molecule has 1 rings (SSSR count). The zero-order chi connectivity index (χ0) is 13.1. The van der Waals surface area contributed by atoms with Gasteiger partial charge in [-0.25, -0.2) is 18.1 Å². The molecule has 0 aliphatic rings. The number of sulfonamides is 1. The van der Waals surface area contributed by atoms with E-state index in [1.54, 1.807) is 6.20 Å². The van der Waals surface area contributed by atoms with E-state index in [1.165, 1.54) is 0 Å². The first kappa shape index (κ1) is 13.9. The van der Waals surface area contributed by atoms with Gasteiger partial charge in [0.2, 0.25) is 10.0 Å². The molecule has 0 spiro atoms. The monoisotopic (exact) mass is 257 g/mol. The van der Waals surface area contributed by atoms with Crippen LogP contribution in [0.1, 0.15) is 19.4 Å². The van der Waals surface area contributed by atoms with Gasteiger partial charge < -0.3 is 5.32 Å². The quantitative estimate of drug-likeness (QED) is 0.829. The maximum Gasteiger partial charge on any atom is 0.209 e. The van der Waals surface area contributed by atoms with Crippen LogP contribution in [0, 0.1) is 6.92 Å². The molecule has 0 bridgehead atoms. The number of pyridine rings is 1. The Kier molecular flexibility index (Phi) is 4.11. The molecule has 2 N–H and O–H groups in total. The van der Waals surface area contributed by atoms with Crippen molar-refractivity contribution >= 4 is 15.8 Å². The van der Waals surface area contributed by atoms with Gasteiger partial charge in [0.25, 0.3) is 0 Å². The largest absolute Gasteiger partial charge is 0.368 e. The fourth-order valence-corrected chi connectivity index (χ4v) is 2.50. The number of nitrogens with one attached hydrogen (secondary N) is 2. The molecule has 0 radical (unpaired) electrons. The second-order valence-corrected chi connectivity index (χ2v) is 6.58. The van der Waals surface area contributed by atoms with E-state index in [4.69, 9.17) is 0 Å². The van der Waals surface area contributed by atoms with Crippen molar-refractivity contribution in [2.24, 2.45) is 0 Å². The van der Waals surface area contributed by atoms with E-state index in [0.717, 1.165) is 17.6 Å². The second-order valence-electron chi connectivity index (χ2n) is 4.83. The summed E-state index contributed by atoms with van der Waals surface area (Å²) >= 11 is 0. The van der Waals surface area contributed by atoms with E-state index in [-0.39, 0.29) is 0 Å². The highest BCUT2D eigenvalue weighted by Gasteiger charge is 2.21. The minimum absolute atomic E-state index is 0.468. The van der Waals surface area contributed by atoms with Crippen LogP contribution in [-0.4, -0.2) is 31.7 Å². The lowest BCUT2D eigenvalue weighted by atomic mass is 10.1. The van der Waals surface area contributed by atoms with Gasteiger partial charge in [-0.3, -0.25) is 0 Å². The molecule has 96 valence electrons. The fraction of sp³-hybridized carbons (Fsp3) is 0.545. The van der Waals surface area contributed by atoms with Crippen molar-refractivity contribution in [3.63, 3.8) is 0 Å². The van der Waals surface area contributed by atoms with Gasteiger partial charge in [-0.05, 0) is 32.4 Å². The molecule has 0 unspecified atom stereocenters. The van der Waals surface area contributed by atoms with Gasteiger partial charge in [-0.15, -0.1) is 0 Å². The number of nitrogens with zero attached hydrogens (tertiary/aromatic N) is 1. The van der Waals surface area contributed by atoms with Crippen molar-refractivity contribution in [1.82, 2.24) is 9.71 Å². The Hall–Kier alpha value is -1.14. The Morgan fingerprint density at radius 1 is 1.35 bits per heavy atom. The number of hydrogen-bond acceptors (Lipinski definition) is 4. The van der Waals surface area contributed by atoms with Gasteiger partial charge in [-0.2, -0.15) is 0 Å². The highest BCUT2D eigenvalue weighted by Crippen LogP contribution is 2.08.